The highest BCUT2D eigenvalue weighted by Gasteiger charge is 2.51. The molecule has 2 aliphatic heterocycles. The zero-order valence-electron chi connectivity index (χ0n) is 13.0. The lowest BCUT2D eigenvalue weighted by molar-refractivity contribution is -0.134. The number of hydrogen-bond donors (Lipinski definition) is 3. The van der Waals surface area contributed by atoms with Crippen LogP contribution in [0, 0.1) is 6.92 Å². The van der Waals surface area contributed by atoms with Crippen molar-refractivity contribution in [3.05, 3.63) is 29.8 Å². The van der Waals surface area contributed by atoms with Crippen molar-refractivity contribution in [2.45, 2.75) is 25.3 Å². The summed E-state index contributed by atoms with van der Waals surface area (Å²) < 4.78 is 0. The van der Waals surface area contributed by atoms with Crippen molar-refractivity contribution in [3.63, 3.8) is 0 Å². The van der Waals surface area contributed by atoms with Crippen molar-refractivity contribution >= 4 is 23.5 Å². The lowest BCUT2D eigenvalue weighted by Crippen LogP contribution is -2.54. The summed E-state index contributed by atoms with van der Waals surface area (Å²) in [5.41, 5.74) is 0.830. The Balaban J connectivity index is 1.66. The second-order valence-corrected chi connectivity index (χ2v) is 6.07. The summed E-state index contributed by atoms with van der Waals surface area (Å²) >= 11 is 0. The van der Waals surface area contributed by atoms with Gasteiger partial charge >= 0.3 is 6.03 Å². The lowest BCUT2D eigenvalue weighted by Gasteiger charge is -2.30. The van der Waals surface area contributed by atoms with E-state index in [4.69, 9.17) is 0 Å². The molecule has 7 heteroatoms. The molecule has 0 aromatic heterocycles. The number of anilines is 1. The third-order valence-corrected chi connectivity index (χ3v) is 4.31. The number of amides is 4. The summed E-state index contributed by atoms with van der Waals surface area (Å²) in [6.07, 6.45) is 1.10. The van der Waals surface area contributed by atoms with Crippen LogP contribution in [0.1, 0.15) is 18.4 Å². The predicted octanol–water partition coefficient (Wildman–Crippen LogP) is 0.608. The van der Waals surface area contributed by atoms with Gasteiger partial charge < -0.3 is 16.0 Å². The molecule has 0 aliphatic carbocycles. The van der Waals surface area contributed by atoms with E-state index in [0.29, 0.717) is 31.6 Å². The molecule has 2 fully saturated rings. The number of hydrogen-bond acceptors (Lipinski definition) is 4. The summed E-state index contributed by atoms with van der Waals surface area (Å²) in [5.74, 6) is -0.687. The number of rotatable bonds is 3. The second-order valence-electron chi connectivity index (χ2n) is 6.07. The average molecular weight is 316 g/mol. The average Bonchev–Trinajstić information content (AvgIpc) is 2.72. The molecule has 2 heterocycles. The van der Waals surface area contributed by atoms with Gasteiger partial charge in [-0.25, -0.2) is 4.79 Å². The maximum absolute atomic E-state index is 12.6. The molecule has 23 heavy (non-hydrogen) atoms. The van der Waals surface area contributed by atoms with E-state index in [2.05, 4.69) is 16.0 Å². The third-order valence-electron chi connectivity index (χ3n) is 4.31. The van der Waals surface area contributed by atoms with E-state index in [9.17, 15) is 14.4 Å². The Morgan fingerprint density at radius 3 is 2.74 bits per heavy atom. The fourth-order valence-electron chi connectivity index (χ4n) is 3.08. The van der Waals surface area contributed by atoms with Crippen molar-refractivity contribution in [1.82, 2.24) is 15.5 Å². The molecule has 3 N–H and O–H groups in total. The second kappa shape index (κ2) is 6.00. The van der Waals surface area contributed by atoms with Gasteiger partial charge in [0.1, 0.15) is 12.1 Å². The van der Waals surface area contributed by atoms with Crippen LogP contribution in [0.5, 0.6) is 0 Å². The number of piperidine rings is 1. The molecule has 4 amide bonds. The van der Waals surface area contributed by atoms with Gasteiger partial charge in [-0.05, 0) is 50.6 Å². The first-order valence-electron chi connectivity index (χ1n) is 7.71. The fourth-order valence-corrected chi connectivity index (χ4v) is 3.08. The highest BCUT2D eigenvalue weighted by Crippen LogP contribution is 2.26. The third kappa shape index (κ3) is 3.05. The molecule has 1 spiro atoms. The first kappa shape index (κ1) is 15.5. The number of aryl methyl sites for hydroxylation is 1. The Labute approximate surface area is 134 Å². The summed E-state index contributed by atoms with van der Waals surface area (Å²) in [7, 11) is 0. The van der Waals surface area contributed by atoms with Crippen LogP contribution in [-0.4, -0.2) is 47.9 Å². The van der Waals surface area contributed by atoms with E-state index in [1.165, 1.54) is 0 Å². The standard InChI is InChI=1S/C16H20N4O3/c1-11-3-2-4-12(9-11)18-13(21)10-20-14(22)16(19-15(20)23)5-7-17-8-6-16/h2-4,9,17H,5-8,10H2,1H3,(H,18,21)(H,19,23). The number of nitrogens with one attached hydrogen (secondary N) is 3. The zero-order valence-corrected chi connectivity index (χ0v) is 13.0. The van der Waals surface area contributed by atoms with Gasteiger partial charge in [0.25, 0.3) is 5.91 Å². The molecule has 2 saturated heterocycles. The first-order valence-corrected chi connectivity index (χ1v) is 7.71. The fraction of sp³-hybridized carbons (Fsp3) is 0.438. The highest BCUT2D eigenvalue weighted by molar-refractivity contribution is 6.10. The molecule has 1 aromatic carbocycles. The Hall–Kier alpha value is -2.41. The molecule has 1 aromatic rings. The van der Waals surface area contributed by atoms with Crippen molar-refractivity contribution < 1.29 is 14.4 Å². The number of carbonyl (C=O) groups excluding carboxylic acids is 3. The predicted molar refractivity (Wildman–Crippen MR) is 84.9 cm³/mol. The van der Waals surface area contributed by atoms with E-state index in [1.807, 2.05) is 25.1 Å². The van der Waals surface area contributed by atoms with Gasteiger partial charge in [-0.15, -0.1) is 0 Å². The molecule has 0 saturated carbocycles. The van der Waals surface area contributed by atoms with E-state index in [1.54, 1.807) is 6.07 Å². The van der Waals surface area contributed by atoms with Crippen LogP contribution in [0.15, 0.2) is 24.3 Å². The topological polar surface area (TPSA) is 90.5 Å². The van der Waals surface area contributed by atoms with Crippen LogP contribution in [0.2, 0.25) is 0 Å². The molecule has 0 radical (unpaired) electrons. The van der Waals surface area contributed by atoms with E-state index in [0.717, 1.165) is 10.5 Å². The van der Waals surface area contributed by atoms with E-state index >= 15 is 0 Å². The zero-order chi connectivity index (χ0) is 16.4. The maximum atomic E-state index is 12.6. The van der Waals surface area contributed by atoms with Gasteiger partial charge in [0.2, 0.25) is 5.91 Å². The van der Waals surface area contributed by atoms with Crippen LogP contribution in [0.4, 0.5) is 10.5 Å². The van der Waals surface area contributed by atoms with Crippen LogP contribution in [0.25, 0.3) is 0 Å². The molecule has 0 bridgehead atoms. The minimum atomic E-state index is -0.841. The highest BCUT2D eigenvalue weighted by atomic mass is 16.2. The summed E-state index contributed by atoms with van der Waals surface area (Å²) in [6.45, 7) is 3.01. The summed E-state index contributed by atoms with van der Waals surface area (Å²) in [6, 6.07) is 6.87. The number of imide groups is 1. The number of nitrogens with zero attached hydrogens (tertiary/aromatic N) is 1. The molecule has 122 valence electrons. The molecule has 7 nitrogen and oxygen atoms in total. The normalized spacial score (nSPS) is 19.8. The SMILES string of the molecule is Cc1cccc(NC(=O)CN2C(=O)NC3(CCNCC3)C2=O)c1. The maximum Gasteiger partial charge on any atom is 0.325 e. The van der Waals surface area contributed by atoms with Crippen molar-refractivity contribution in [1.29, 1.82) is 0 Å². The molecule has 0 unspecified atom stereocenters. The monoisotopic (exact) mass is 316 g/mol. The van der Waals surface area contributed by atoms with Crippen LogP contribution in [0.3, 0.4) is 0 Å². The smallest absolute Gasteiger partial charge is 0.325 e. The number of benzene rings is 1. The Morgan fingerprint density at radius 2 is 2.04 bits per heavy atom. The lowest BCUT2D eigenvalue weighted by atomic mass is 9.88. The van der Waals surface area contributed by atoms with Gasteiger partial charge in [0, 0.05) is 5.69 Å². The van der Waals surface area contributed by atoms with Crippen LogP contribution in [-0.2, 0) is 9.59 Å². The first-order chi connectivity index (χ1) is 11.0. The molecule has 3 rings (SSSR count). The van der Waals surface area contributed by atoms with E-state index in [-0.39, 0.29) is 18.4 Å². The largest absolute Gasteiger partial charge is 0.325 e. The number of carbonyl (C=O) groups is 3. The Bertz CT molecular complexity index is 652. The Morgan fingerprint density at radius 1 is 1.30 bits per heavy atom. The van der Waals surface area contributed by atoms with E-state index < -0.39 is 11.6 Å². The quantitative estimate of drug-likeness (QED) is 0.713. The van der Waals surface area contributed by atoms with Gasteiger partial charge in [-0.1, -0.05) is 12.1 Å². The minimum Gasteiger partial charge on any atom is -0.325 e. The van der Waals surface area contributed by atoms with Crippen molar-refractivity contribution in [2.75, 3.05) is 25.0 Å². The van der Waals surface area contributed by atoms with Crippen LogP contribution < -0.4 is 16.0 Å². The summed E-state index contributed by atoms with van der Waals surface area (Å²) in [4.78, 5) is 37.8. The van der Waals surface area contributed by atoms with Crippen molar-refractivity contribution in [3.8, 4) is 0 Å². The van der Waals surface area contributed by atoms with Crippen LogP contribution >= 0.6 is 0 Å². The molecular weight excluding hydrogens is 296 g/mol. The number of urea groups is 1. The molecular formula is C16H20N4O3. The van der Waals surface area contributed by atoms with Gasteiger partial charge in [-0.3, -0.25) is 14.5 Å². The molecule has 0 atom stereocenters. The molecule has 2 aliphatic rings. The minimum absolute atomic E-state index is 0.270. The van der Waals surface area contributed by atoms with Gasteiger partial charge in [0.15, 0.2) is 0 Å². The van der Waals surface area contributed by atoms with Gasteiger partial charge in [-0.2, -0.15) is 0 Å². The van der Waals surface area contributed by atoms with Gasteiger partial charge in [0.05, 0.1) is 0 Å². The Kier molecular flexibility index (Phi) is 4.04. The summed E-state index contributed by atoms with van der Waals surface area (Å²) in [5, 5.41) is 8.65. The van der Waals surface area contributed by atoms with Crippen molar-refractivity contribution in [2.24, 2.45) is 0 Å².